The van der Waals surface area contributed by atoms with Crippen molar-refractivity contribution in [2.75, 3.05) is 11.9 Å². The lowest BCUT2D eigenvalue weighted by atomic mass is 9.97. The first-order chi connectivity index (χ1) is 7.06. The second kappa shape index (κ2) is 3.77. The van der Waals surface area contributed by atoms with Crippen LogP contribution in [0.2, 0.25) is 0 Å². The molecule has 0 spiro atoms. The first-order valence-corrected chi connectivity index (χ1v) is 5.86. The van der Waals surface area contributed by atoms with Crippen molar-refractivity contribution in [1.29, 1.82) is 0 Å². The number of hydrogen-bond acceptors (Lipinski definition) is 4. The lowest BCUT2D eigenvalue weighted by molar-refractivity contribution is 0.442. The number of thiophene rings is 1. The molecule has 0 saturated heterocycles. The molecule has 1 N–H and O–H groups in total. The molecule has 0 radical (unpaired) electrons. The van der Waals surface area contributed by atoms with Crippen LogP contribution in [0.15, 0.2) is 17.8 Å². The predicted octanol–water partition coefficient (Wildman–Crippen LogP) is 3.15. The zero-order chi connectivity index (χ0) is 10.9. The van der Waals surface area contributed by atoms with Crippen molar-refractivity contribution in [1.82, 2.24) is 9.97 Å². The second-order valence-electron chi connectivity index (χ2n) is 4.77. The van der Waals surface area contributed by atoms with Crippen molar-refractivity contribution < 1.29 is 0 Å². The average molecular weight is 221 g/mol. The maximum Gasteiger partial charge on any atom is 0.147 e. The molecule has 0 bridgehead atoms. The molecule has 0 aliphatic rings. The molecule has 0 aromatic carbocycles. The van der Waals surface area contributed by atoms with E-state index in [1.165, 1.54) is 0 Å². The molecule has 0 fully saturated rings. The van der Waals surface area contributed by atoms with Gasteiger partial charge in [-0.05, 0) is 16.9 Å². The monoisotopic (exact) mass is 221 g/mol. The summed E-state index contributed by atoms with van der Waals surface area (Å²) >= 11 is 1.68. The zero-order valence-electron chi connectivity index (χ0n) is 9.24. The fraction of sp³-hybridized carbons (Fsp3) is 0.455. The van der Waals surface area contributed by atoms with Gasteiger partial charge in [-0.2, -0.15) is 0 Å². The Bertz CT molecular complexity index is 456. The number of rotatable bonds is 2. The summed E-state index contributed by atoms with van der Waals surface area (Å²) in [5.41, 5.74) is 1.28. The van der Waals surface area contributed by atoms with Crippen LogP contribution in [0.1, 0.15) is 20.8 Å². The summed E-state index contributed by atoms with van der Waals surface area (Å²) in [5.74, 6) is 0.949. The Morgan fingerprint density at radius 1 is 1.33 bits per heavy atom. The molecule has 2 aromatic rings. The van der Waals surface area contributed by atoms with Crippen LogP contribution in [0.5, 0.6) is 0 Å². The molecular formula is C11H15N3S. The average Bonchev–Trinajstić information content (AvgIpc) is 2.61. The molecule has 0 atom stereocenters. The minimum atomic E-state index is 0.258. The van der Waals surface area contributed by atoms with Crippen molar-refractivity contribution in [3.05, 3.63) is 17.8 Å². The highest BCUT2D eigenvalue weighted by Gasteiger charge is 2.11. The smallest absolute Gasteiger partial charge is 0.147 e. The Morgan fingerprint density at radius 3 is 2.87 bits per heavy atom. The number of aromatic nitrogens is 2. The van der Waals surface area contributed by atoms with Crippen LogP contribution in [-0.4, -0.2) is 16.5 Å². The molecular weight excluding hydrogens is 206 g/mol. The maximum atomic E-state index is 4.27. The molecule has 2 aromatic heterocycles. The zero-order valence-corrected chi connectivity index (χ0v) is 10.1. The largest absolute Gasteiger partial charge is 0.368 e. The number of anilines is 1. The Kier molecular flexibility index (Phi) is 2.61. The van der Waals surface area contributed by atoms with Crippen molar-refractivity contribution in [2.24, 2.45) is 5.41 Å². The molecule has 0 aliphatic heterocycles. The van der Waals surface area contributed by atoms with Crippen LogP contribution < -0.4 is 5.32 Å². The number of nitrogens with one attached hydrogen (secondary N) is 1. The van der Waals surface area contributed by atoms with Crippen LogP contribution in [-0.2, 0) is 0 Å². The molecule has 0 saturated carbocycles. The minimum absolute atomic E-state index is 0.258. The van der Waals surface area contributed by atoms with Crippen LogP contribution in [0.3, 0.4) is 0 Å². The van der Waals surface area contributed by atoms with E-state index in [0.717, 1.165) is 22.6 Å². The van der Waals surface area contributed by atoms with E-state index in [0.29, 0.717) is 0 Å². The Hall–Kier alpha value is -1.16. The lowest BCUT2D eigenvalue weighted by Gasteiger charge is -2.19. The fourth-order valence-corrected chi connectivity index (χ4v) is 2.07. The van der Waals surface area contributed by atoms with E-state index in [-0.39, 0.29) is 5.41 Å². The van der Waals surface area contributed by atoms with Gasteiger partial charge in [0.05, 0.1) is 10.2 Å². The summed E-state index contributed by atoms with van der Waals surface area (Å²) in [6.45, 7) is 7.52. The summed E-state index contributed by atoms with van der Waals surface area (Å²) in [5, 5.41) is 5.42. The highest BCUT2D eigenvalue weighted by Crippen LogP contribution is 2.25. The molecule has 0 aliphatic carbocycles. The highest BCUT2D eigenvalue weighted by atomic mass is 32.1. The van der Waals surface area contributed by atoms with E-state index < -0.39 is 0 Å². The maximum absolute atomic E-state index is 4.27. The topological polar surface area (TPSA) is 37.8 Å². The highest BCUT2D eigenvalue weighted by molar-refractivity contribution is 7.17. The Labute approximate surface area is 93.6 Å². The van der Waals surface area contributed by atoms with Gasteiger partial charge in [-0.15, -0.1) is 11.3 Å². The Morgan fingerprint density at radius 2 is 2.13 bits per heavy atom. The number of fused-ring (bicyclic) bond motifs is 1. The molecule has 80 valence electrons. The number of hydrogen-bond donors (Lipinski definition) is 1. The van der Waals surface area contributed by atoms with Crippen LogP contribution in [0.4, 0.5) is 5.82 Å². The van der Waals surface area contributed by atoms with Gasteiger partial charge in [0.15, 0.2) is 0 Å². The van der Waals surface area contributed by atoms with Gasteiger partial charge in [-0.3, -0.25) is 0 Å². The molecule has 4 heteroatoms. The van der Waals surface area contributed by atoms with Gasteiger partial charge in [0, 0.05) is 6.54 Å². The minimum Gasteiger partial charge on any atom is -0.368 e. The van der Waals surface area contributed by atoms with Crippen molar-refractivity contribution >= 4 is 27.4 Å². The molecule has 15 heavy (non-hydrogen) atoms. The molecule has 2 heterocycles. The van der Waals surface area contributed by atoms with Gasteiger partial charge < -0.3 is 5.32 Å². The SMILES string of the molecule is CC(C)(C)CNc1ncnc2ccsc12. The van der Waals surface area contributed by atoms with Gasteiger partial charge in [0.1, 0.15) is 12.1 Å². The summed E-state index contributed by atoms with van der Waals surface area (Å²) in [4.78, 5) is 8.48. The second-order valence-corrected chi connectivity index (χ2v) is 5.69. The van der Waals surface area contributed by atoms with E-state index >= 15 is 0 Å². The summed E-state index contributed by atoms with van der Waals surface area (Å²) in [6, 6.07) is 2.02. The third-order valence-electron chi connectivity index (χ3n) is 2.03. The standard InChI is InChI=1S/C11H15N3S/c1-11(2,3)6-12-10-9-8(4-5-15-9)13-7-14-10/h4-5,7H,6H2,1-3H3,(H,12,13,14). The van der Waals surface area contributed by atoms with E-state index in [2.05, 4.69) is 36.1 Å². The molecule has 0 unspecified atom stereocenters. The van der Waals surface area contributed by atoms with Gasteiger partial charge in [-0.25, -0.2) is 9.97 Å². The first kappa shape index (κ1) is 10.4. The van der Waals surface area contributed by atoms with Crippen LogP contribution >= 0.6 is 11.3 Å². The van der Waals surface area contributed by atoms with E-state index in [4.69, 9.17) is 0 Å². The summed E-state index contributed by atoms with van der Waals surface area (Å²) in [6.07, 6.45) is 1.61. The summed E-state index contributed by atoms with van der Waals surface area (Å²) < 4.78 is 1.14. The van der Waals surface area contributed by atoms with Gasteiger partial charge in [0.2, 0.25) is 0 Å². The third-order valence-corrected chi connectivity index (χ3v) is 2.94. The molecule has 0 amide bonds. The summed E-state index contributed by atoms with van der Waals surface area (Å²) in [7, 11) is 0. The van der Waals surface area contributed by atoms with E-state index in [1.54, 1.807) is 17.7 Å². The Balaban J connectivity index is 2.24. The van der Waals surface area contributed by atoms with E-state index in [1.807, 2.05) is 11.4 Å². The molecule has 2 rings (SSSR count). The van der Waals surface area contributed by atoms with Crippen molar-refractivity contribution in [3.8, 4) is 0 Å². The van der Waals surface area contributed by atoms with Gasteiger partial charge in [-0.1, -0.05) is 20.8 Å². The van der Waals surface area contributed by atoms with Gasteiger partial charge in [0.25, 0.3) is 0 Å². The van der Waals surface area contributed by atoms with Crippen LogP contribution in [0.25, 0.3) is 10.2 Å². The van der Waals surface area contributed by atoms with Crippen LogP contribution in [0, 0.1) is 5.41 Å². The normalized spacial score (nSPS) is 11.9. The predicted molar refractivity (Wildman–Crippen MR) is 65.4 cm³/mol. The number of nitrogens with zero attached hydrogens (tertiary/aromatic N) is 2. The fourth-order valence-electron chi connectivity index (χ4n) is 1.26. The third kappa shape index (κ3) is 2.45. The first-order valence-electron chi connectivity index (χ1n) is 4.98. The van der Waals surface area contributed by atoms with Gasteiger partial charge >= 0.3 is 0 Å². The molecule has 3 nitrogen and oxygen atoms in total. The quantitative estimate of drug-likeness (QED) is 0.846. The van der Waals surface area contributed by atoms with Crippen molar-refractivity contribution in [3.63, 3.8) is 0 Å². The lowest BCUT2D eigenvalue weighted by Crippen LogP contribution is -2.19. The van der Waals surface area contributed by atoms with E-state index in [9.17, 15) is 0 Å². The van der Waals surface area contributed by atoms with Crippen molar-refractivity contribution in [2.45, 2.75) is 20.8 Å².